The number of benzene rings is 2. The molecular formula is C19H20BrClN2O4. The van der Waals surface area contributed by atoms with Crippen LogP contribution >= 0.6 is 27.5 Å². The SMILES string of the molecule is CC(C)c1ccc(OCC(=O)NNC(=O)COc2ccc(Cl)cc2Br)cc1. The molecule has 8 heteroatoms. The second kappa shape index (κ2) is 10.2. The normalized spacial score (nSPS) is 10.4. The van der Waals surface area contributed by atoms with Crippen LogP contribution in [0.25, 0.3) is 0 Å². The van der Waals surface area contributed by atoms with Crippen LogP contribution in [0, 0.1) is 0 Å². The van der Waals surface area contributed by atoms with Gasteiger partial charge in [0.25, 0.3) is 11.8 Å². The molecule has 0 unspecified atom stereocenters. The summed E-state index contributed by atoms with van der Waals surface area (Å²) in [5.74, 6) is 0.481. The van der Waals surface area contributed by atoms with Gasteiger partial charge in [0.2, 0.25) is 0 Å². The topological polar surface area (TPSA) is 76.7 Å². The number of nitrogens with one attached hydrogen (secondary N) is 2. The minimum atomic E-state index is -0.508. The molecule has 27 heavy (non-hydrogen) atoms. The molecule has 2 aromatic carbocycles. The lowest BCUT2D eigenvalue weighted by atomic mass is 10.0. The van der Waals surface area contributed by atoms with Crippen molar-refractivity contribution in [2.75, 3.05) is 13.2 Å². The lowest BCUT2D eigenvalue weighted by Gasteiger charge is -2.11. The van der Waals surface area contributed by atoms with Crippen LogP contribution < -0.4 is 20.3 Å². The molecule has 0 aliphatic rings. The van der Waals surface area contributed by atoms with Crippen LogP contribution in [0.4, 0.5) is 0 Å². The molecule has 2 aromatic rings. The third kappa shape index (κ3) is 7.11. The molecule has 0 heterocycles. The van der Waals surface area contributed by atoms with E-state index in [-0.39, 0.29) is 13.2 Å². The summed E-state index contributed by atoms with van der Waals surface area (Å²) >= 11 is 9.12. The van der Waals surface area contributed by atoms with Crippen molar-refractivity contribution in [2.45, 2.75) is 19.8 Å². The Bertz CT molecular complexity index is 797. The van der Waals surface area contributed by atoms with Gasteiger partial charge >= 0.3 is 0 Å². The van der Waals surface area contributed by atoms with Crippen LogP contribution in [0.5, 0.6) is 11.5 Å². The Morgan fingerprint density at radius 2 is 1.59 bits per heavy atom. The van der Waals surface area contributed by atoms with Gasteiger partial charge in [0, 0.05) is 5.02 Å². The maximum Gasteiger partial charge on any atom is 0.276 e. The molecule has 0 aromatic heterocycles. The first-order chi connectivity index (χ1) is 12.8. The van der Waals surface area contributed by atoms with Crippen LogP contribution in [-0.2, 0) is 9.59 Å². The fourth-order valence-electron chi connectivity index (χ4n) is 2.04. The van der Waals surface area contributed by atoms with Gasteiger partial charge in [-0.05, 0) is 57.7 Å². The minimum Gasteiger partial charge on any atom is -0.484 e. The standard InChI is InChI=1S/C19H20BrClN2O4/c1-12(2)13-3-6-15(7-4-13)26-10-18(24)22-23-19(25)11-27-17-8-5-14(21)9-16(17)20/h3-9,12H,10-11H2,1-2H3,(H,22,24)(H,23,25). The van der Waals surface area contributed by atoms with Crippen molar-refractivity contribution in [3.63, 3.8) is 0 Å². The third-order valence-corrected chi connectivity index (χ3v) is 4.37. The Kier molecular flexibility index (Phi) is 7.94. The molecule has 2 N–H and O–H groups in total. The molecule has 0 saturated carbocycles. The first-order valence-corrected chi connectivity index (χ1v) is 9.40. The monoisotopic (exact) mass is 454 g/mol. The number of carbonyl (C=O) groups excluding carboxylic acids is 2. The molecule has 0 aliphatic carbocycles. The number of halogens is 2. The molecule has 0 spiro atoms. The first kappa shape index (κ1) is 21.1. The van der Waals surface area contributed by atoms with Gasteiger partial charge in [0.1, 0.15) is 11.5 Å². The largest absolute Gasteiger partial charge is 0.484 e. The summed E-state index contributed by atoms with van der Waals surface area (Å²) in [4.78, 5) is 23.5. The zero-order valence-corrected chi connectivity index (χ0v) is 17.3. The Balaban J connectivity index is 1.69. The molecule has 0 fully saturated rings. The Morgan fingerprint density at radius 3 is 2.15 bits per heavy atom. The van der Waals surface area contributed by atoms with Gasteiger partial charge in [0.05, 0.1) is 4.47 Å². The Labute approximate surface area is 171 Å². The second-order valence-corrected chi connectivity index (χ2v) is 7.26. The van der Waals surface area contributed by atoms with Crippen molar-refractivity contribution in [1.29, 1.82) is 0 Å². The number of amides is 2. The van der Waals surface area contributed by atoms with Gasteiger partial charge in [-0.15, -0.1) is 0 Å². The first-order valence-electron chi connectivity index (χ1n) is 8.23. The highest BCUT2D eigenvalue weighted by Crippen LogP contribution is 2.27. The number of carbonyl (C=O) groups is 2. The molecular weight excluding hydrogens is 436 g/mol. The number of rotatable bonds is 7. The van der Waals surface area contributed by atoms with E-state index in [2.05, 4.69) is 40.6 Å². The highest BCUT2D eigenvalue weighted by Gasteiger charge is 2.08. The average Bonchev–Trinajstić information content (AvgIpc) is 2.64. The van der Waals surface area contributed by atoms with Crippen molar-refractivity contribution >= 4 is 39.3 Å². The number of ether oxygens (including phenoxy) is 2. The van der Waals surface area contributed by atoms with Crippen LogP contribution in [0.15, 0.2) is 46.9 Å². The highest BCUT2D eigenvalue weighted by atomic mass is 79.9. The smallest absolute Gasteiger partial charge is 0.276 e. The summed E-state index contributed by atoms with van der Waals surface area (Å²) in [5.41, 5.74) is 5.71. The van der Waals surface area contributed by atoms with E-state index in [0.717, 1.165) is 0 Å². The van der Waals surface area contributed by atoms with Gasteiger partial charge in [-0.1, -0.05) is 37.6 Å². The predicted molar refractivity (Wildman–Crippen MR) is 107 cm³/mol. The summed E-state index contributed by atoms with van der Waals surface area (Å²) in [5, 5.41) is 0.546. The van der Waals surface area contributed by atoms with Gasteiger partial charge in [0.15, 0.2) is 13.2 Å². The lowest BCUT2D eigenvalue weighted by molar-refractivity contribution is -0.131. The third-order valence-electron chi connectivity index (χ3n) is 3.51. The number of hydrazine groups is 1. The Hall–Kier alpha value is -2.25. The van der Waals surface area contributed by atoms with E-state index in [4.69, 9.17) is 21.1 Å². The summed E-state index contributed by atoms with van der Waals surface area (Å²) in [6.07, 6.45) is 0. The molecule has 0 atom stereocenters. The van der Waals surface area contributed by atoms with Gasteiger partial charge < -0.3 is 9.47 Å². The maximum absolute atomic E-state index is 11.7. The second-order valence-electron chi connectivity index (χ2n) is 5.97. The van der Waals surface area contributed by atoms with Crippen molar-refractivity contribution in [3.05, 3.63) is 57.5 Å². The fraction of sp³-hybridized carbons (Fsp3) is 0.263. The highest BCUT2D eigenvalue weighted by molar-refractivity contribution is 9.10. The van der Waals surface area contributed by atoms with E-state index in [0.29, 0.717) is 26.9 Å². The molecule has 144 valence electrons. The van der Waals surface area contributed by atoms with Crippen molar-refractivity contribution in [3.8, 4) is 11.5 Å². The lowest BCUT2D eigenvalue weighted by Crippen LogP contribution is -2.45. The summed E-state index contributed by atoms with van der Waals surface area (Å²) in [7, 11) is 0. The predicted octanol–water partition coefficient (Wildman–Crippen LogP) is 3.83. The van der Waals surface area contributed by atoms with Crippen LogP contribution in [0.3, 0.4) is 0 Å². The molecule has 6 nitrogen and oxygen atoms in total. The fourth-order valence-corrected chi connectivity index (χ4v) is 2.84. The number of hydrogen-bond acceptors (Lipinski definition) is 4. The van der Waals surface area contributed by atoms with Crippen molar-refractivity contribution < 1.29 is 19.1 Å². The van der Waals surface area contributed by atoms with Crippen molar-refractivity contribution in [2.24, 2.45) is 0 Å². The molecule has 2 rings (SSSR count). The van der Waals surface area contributed by atoms with Gasteiger partial charge in [-0.2, -0.15) is 0 Å². The van der Waals surface area contributed by atoms with Crippen molar-refractivity contribution in [1.82, 2.24) is 10.9 Å². The van der Waals surface area contributed by atoms with Crippen LogP contribution in [0.1, 0.15) is 25.3 Å². The number of hydrogen-bond donors (Lipinski definition) is 2. The van der Waals surface area contributed by atoms with E-state index in [1.165, 1.54) is 5.56 Å². The molecule has 0 bridgehead atoms. The summed E-state index contributed by atoms with van der Waals surface area (Å²) in [6, 6.07) is 12.4. The van der Waals surface area contributed by atoms with E-state index in [9.17, 15) is 9.59 Å². The maximum atomic E-state index is 11.7. The average molecular weight is 456 g/mol. The molecule has 0 radical (unpaired) electrons. The van der Waals surface area contributed by atoms with Crippen LogP contribution in [0.2, 0.25) is 5.02 Å². The van der Waals surface area contributed by atoms with Crippen LogP contribution in [-0.4, -0.2) is 25.0 Å². The summed E-state index contributed by atoms with van der Waals surface area (Å²) in [6.45, 7) is 3.71. The quantitative estimate of drug-likeness (QED) is 0.622. The van der Waals surface area contributed by atoms with E-state index in [1.54, 1.807) is 30.3 Å². The van der Waals surface area contributed by atoms with E-state index < -0.39 is 11.8 Å². The molecule has 2 amide bonds. The molecule has 0 aliphatic heterocycles. The molecule has 0 saturated heterocycles. The zero-order chi connectivity index (χ0) is 19.8. The van der Waals surface area contributed by atoms with Gasteiger partial charge in [-0.25, -0.2) is 0 Å². The zero-order valence-electron chi connectivity index (χ0n) is 14.9. The van der Waals surface area contributed by atoms with E-state index >= 15 is 0 Å². The van der Waals surface area contributed by atoms with Gasteiger partial charge in [-0.3, -0.25) is 20.4 Å². The Morgan fingerprint density at radius 1 is 1.00 bits per heavy atom. The summed E-state index contributed by atoms with van der Waals surface area (Å²) < 4.78 is 11.4. The van der Waals surface area contributed by atoms with E-state index in [1.807, 2.05) is 12.1 Å². The minimum absolute atomic E-state index is 0.217.